The summed E-state index contributed by atoms with van der Waals surface area (Å²) in [5.41, 5.74) is 1.67. The Morgan fingerprint density at radius 1 is 1.28 bits per heavy atom. The van der Waals surface area contributed by atoms with E-state index in [-0.39, 0.29) is 4.86 Å². The smallest absolute Gasteiger partial charge is 0.218 e. The van der Waals surface area contributed by atoms with Gasteiger partial charge in [0.25, 0.3) is 0 Å². The molecule has 0 amide bonds. The summed E-state index contributed by atoms with van der Waals surface area (Å²) < 4.78 is 22.7. The second-order valence-electron chi connectivity index (χ2n) is 4.35. The first-order valence-electron chi connectivity index (χ1n) is 6.08. The van der Waals surface area contributed by atoms with Crippen LogP contribution in [0.4, 0.5) is 0 Å². The number of carbonyl (C=O) groups is 1. The van der Waals surface area contributed by atoms with E-state index in [4.69, 9.17) is 0 Å². The molecule has 0 aliphatic heterocycles. The quantitative estimate of drug-likeness (QED) is 0.451. The van der Waals surface area contributed by atoms with Crippen molar-refractivity contribution in [3.05, 3.63) is 35.4 Å². The van der Waals surface area contributed by atoms with Crippen LogP contribution in [0.25, 0.3) is 0 Å². The number of aldehydes is 1. The zero-order valence-electron chi connectivity index (χ0n) is 10.7. The van der Waals surface area contributed by atoms with Gasteiger partial charge >= 0.3 is 0 Å². The first-order chi connectivity index (χ1) is 8.60. The third-order valence-electron chi connectivity index (χ3n) is 2.89. The van der Waals surface area contributed by atoms with E-state index in [1.165, 1.54) is 0 Å². The van der Waals surface area contributed by atoms with Crippen LogP contribution in [0, 0.1) is 12.8 Å². The predicted molar refractivity (Wildman–Crippen MR) is 73.3 cm³/mol. The zero-order valence-corrected chi connectivity index (χ0v) is 11.5. The first kappa shape index (κ1) is 14.6. The zero-order chi connectivity index (χ0) is 13.5. The molecule has 0 N–H and O–H groups in total. The predicted octanol–water partition coefficient (Wildman–Crippen LogP) is 2.40. The molecule has 1 aromatic carbocycles. The van der Waals surface area contributed by atoms with Gasteiger partial charge in [-0.05, 0) is 18.9 Å². The lowest BCUT2D eigenvalue weighted by molar-refractivity contribution is -0.109. The van der Waals surface area contributed by atoms with E-state index < -0.39 is 16.2 Å². The van der Waals surface area contributed by atoms with Crippen LogP contribution in [-0.4, -0.2) is 19.6 Å². The Bertz CT molecular complexity index is 519. The van der Waals surface area contributed by atoms with Crippen molar-refractivity contribution in [3.63, 3.8) is 0 Å². The summed E-state index contributed by atoms with van der Waals surface area (Å²) in [6.07, 6.45) is 3.10. The molecule has 0 bridgehead atoms. The number of aryl methyl sites for hydroxylation is 1. The fourth-order valence-corrected chi connectivity index (χ4v) is 2.59. The molecule has 98 valence electrons. The van der Waals surface area contributed by atoms with Gasteiger partial charge in [0.1, 0.15) is 6.29 Å². The van der Waals surface area contributed by atoms with Crippen LogP contribution in [0.3, 0.4) is 0 Å². The molecular formula is C14H18O3S. The Labute approximate surface area is 109 Å². The highest BCUT2D eigenvalue weighted by molar-refractivity contribution is 7.73. The van der Waals surface area contributed by atoms with Crippen molar-refractivity contribution in [1.82, 2.24) is 0 Å². The molecule has 4 heteroatoms. The lowest BCUT2D eigenvalue weighted by Gasteiger charge is -2.11. The number of benzene rings is 1. The summed E-state index contributed by atoms with van der Waals surface area (Å²) in [5, 5.41) is 0. The van der Waals surface area contributed by atoms with E-state index in [0.717, 1.165) is 24.7 Å². The van der Waals surface area contributed by atoms with Crippen LogP contribution < -0.4 is 0 Å². The van der Waals surface area contributed by atoms with Gasteiger partial charge < -0.3 is 4.79 Å². The summed E-state index contributed by atoms with van der Waals surface area (Å²) in [7, 11) is -2.36. The van der Waals surface area contributed by atoms with Crippen LogP contribution in [0.1, 0.15) is 37.3 Å². The minimum Gasteiger partial charge on any atom is -0.303 e. The standard InChI is InChI=1S/C14H18O3S/c1-3-4-5-13(10-15)14(18(16)17)12-8-6-11(2)7-9-12/h6-10,13H,3-5H2,1-2H3. The van der Waals surface area contributed by atoms with Crippen LogP contribution in [0.5, 0.6) is 0 Å². The fraction of sp³-hybridized carbons (Fsp3) is 0.429. The van der Waals surface area contributed by atoms with E-state index in [2.05, 4.69) is 0 Å². The maximum Gasteiger partial charge on any atom is 0.218 e. The van der Waals surface area contributed by atoms with Crippen molar-refractivity contribution >= 4 is 21.4 Å². The Hall–Kier alpha value is -1.42. The molecule has 1 rings (SSSR count). The van der Waals surface area contributed by atoms with E-state index >= 15 is 0 Å². The number of hydrogen-bond acceptors (Lipinski definition) is 3. The Morgan fingerprint density at radius 3 is 2.33 bits per heavy atom. The number of unbranched alkanes of at least 4 members (excludes halogenated alkanes) is 1. The molecule has 1 atom stereocenters. The van der Waals surface area contributed by atoms with Gasteiger partial charge in [0.15, 0.2) is 0 Å². The van der Waals surface area contributed by atoms with Crippen LogP contribution >= 0.6 is 0 Å². The minimum absolute atomic E-state index is 0.207. The number of hydrogen-bond donors (Lipinski definition) is 0. The van der Waals surface area contributed by atoms with Crippen molar-refractivity contribution in [3.8, 4) is 0 Å². The molecule has 0 aromatic heterocycles. The third-order valence-corrected chi connectivity index (χ3v) is 3.78. The summed E-state index contributed by atoms with van der Waals surface area (Å²) in [4.78, 5) is 11.3. The molecule has 0 radical (unpaired) electrons. The number of carbonyl (C=O) groups excluding carboxylic acids is 1. The minimum atomic E-state index is -2.36. The molecule has 1 aromatic rings. The van der Waals surface area contributed by atoms with Gasteiger partial charge in [-0.25, -0.2) is 0 Å². The molecule has 0 saturated heterocycles. The van der Waals surface area contributed by atoms with Gasteiger partial charge in [-0.2, -0.15) is 8.42 Å². The van der Waals surface area contributed by atoms with E-state index in [1.54, 1.807) is 12.1 Å². The lowest BCUT2D eigenvalue weighted by Crippen LogP contribution is -2.18. The average Bonchev–Trinajstić information content (AvgIpc) is 2.35. The van der Waals surface area contributed by atoms with Crippen molar-refractivity contribution in [1.29, 1.82) is 0 Å². The largest absolute Gasteiger partial charge is 0.303 e. The molecule has 1 unspecified atom stereocenters. The molecular weight excluding hydrogens is 248 g/mol. The third kappa shape index (κ3) is 3.81. The maximum absolute atomic E-state index is 11.4. The lowest BCUT2D eigenvalue weighted by atomic mass is 9.95. The summed E-state index contributed by atoms with van der Waals surface area (Å²) in [5.74, 6) is -0.536. The molecule has 0 saturated carbocycles. The molecule has 0 heterocycles. The second-order valence-corrected chi connectivity index (χ2v) is 5.26. The van der Waals surface area contributed by atoms with E-state index in [9.17, 15) is 13.2 Å². The molecule has 0 spiro atoms. The van der Waals surface area contributed by atoms with Crippen molar-refractivity contribution in [2.24, 2.45) is 5.92 Å². The van der Waals surface area contributed by atoms with Crippen LogP contribution in [-0.2, 0) is 15.1 Å². The molecule has 0 aliphatic rings. The second kappa shape index (κ2) is 7.11. The van der Waals surface area contributed by atoms with E-state index in [0.29, 0.717) is 12.0 Å². The summed E-state index contributed by atoms with van der Waals surface area (Å²) in [6, 6.07) is 7.21. The summed E-state index contributed by atoms with van der Waals surface area (Å²) in [6.45, 7) is 3.95. The maximum atomic E-state index is 11.4. The molecule has 3 nitrogen and oxygen atoms in total. The fourth-order valence-electron chi connectivity index (χ4n) is 1.84. The Kier molecular flexibility index (Phi) is 5.78. The molecule has 18 heavy (non-hydrogen) atoms. The molecule has 0 fully saturated rings. The monoisotopic (exact) mass is 266 g/mol. The SMILES string of the molecule is CCCCC(C=O)C(c1ccc(C)cc1)=S(=O)=O. The summed E-state index contributed by atoms with van der Waals surface area (Å²) >= 11 is 0. The van der Waals surface area contributed by atoms with Gasteiger partial charge in [-0.15, -0.1) is 0 Å². The van der Waals surface area contributed by atoms with Crippen molar-refractivity contribution < 1.29 is 13.2 Å². The van der Waals surface area contributed by atoms with Gasteiger partial charge in [0.05, 0.1) is 10.8 Å². The van der Waals surface area contributed by atoms with Gasteiger partial charge in [-0.3, -0.25) is 0 Å². The van der Waals surface area contributed by atoms with Crippen molar-refractivity contribution in [2.75, 3.05) is 0 Å². The van der Waals surface area contributed by atoms with Crippen LogP contribution in [0.2, 0.25) is 0 Å². The highest BCUT2D eigenvalue weighted by atomic mass is 32.2. The highest BCUT2D eigenvalue weighted by Gasteiger charge is 2.18. The Morgan fingerprint density at radius 2 is 1.89 bits per heavy atom. The number of rotatable bonds is 6. The first-order valence-corrected chi connectivity index (χ1v) is 7.16. The van der Waals surface area contributed by atoms with Crippen LogP contribution in [0.15, 0.2) is 24.3 Å². The highest BCUT2D eigenvalue weighted by Crippen LogP contribution is 2.15. The van der Waals surface area contributed by atoms with Crippen molar-refractivity contribution in [2.45, 2.75) is 33.1 Å². The van der Waals surface area contributed by atoms with Gasteiger partial charge in [0, 0.05) is 0 Å². The van der Waals surface area contributed by atoms with E-state index in [1.807, 2.05) is 26.0 Å². The van der Waals surface area contributed by atoms with Gasteiger partial charge in [0.2, 0.25) is 10.3 Å². The topological polar surface area (TPSA) is 51.2 Å². The average molecular weight is 266 g/mol. The normalized spacial score (nSPS) is 11.9. The van der Waals surface area contributed by atoms with Gasteiger partial charge in [-0.1, -0.05) is 49.6 Å². The molecule has 0 aliphatic carbocycles. The Balaban J connectivity index is 3.15.